The van der Waals surface area contributed by atoms with E-state index in [0.29, 0.717) is 0 Å². The number of phenols is 1. The molecule has 124 valence electrons. The number of anilines is 1. The lowest BCUT2D eigenvalue weighted by Crippen LogP contribution is -2.15. The van der Waals surface area contributed by atoms with Crippen molar-refractivity contribution in [2.24, 2.45) is 0 Å². The first kappa shape index (κ1) is 17.0. The van der Waals surface area contributed by atoms with Crippen molar-refractivity contribution in [2.75, 3.05) is 11.9 Å². The highest BCUT2D eigenvalue weighted by molar-refractivity contribution is 6.14. The number of carbonyl (C=O) groups is 3. The molecule has 0 atom stereocenters. The van der Waals surface area contributed by atoms with Gasteiger partial charge >= 0.3 is 11.9 Å². The Bertz CT molecular complexity index is 799. The molecule has 7 nitrogen and oxygen atoms in total. The fraction of sp³-hybridized carbons (Fsp3) is 0.118. The first-order chi connectivity index (χ1) is 11.4. The number of phenolic OH excluding ortho intramolecular Hbond substituents is 1. The molecule has 0 saturated heterocycles. The van der Waals surface area contributed by atoms with Crippen LogP contribution in [0.4, 0.5) is 5.69 Å². The summed E-state index contributed by atoms with van der Waals surface area (Å²) in [7, 11) is 0. The molecule has 2 aromatic rings. The fourth-order valence-electron chi connectivity index (χ4n) is 2.09. The average molecular weight is 329 g/mol. The van der Waals surface area contributed by atoms with E-state index in [1.807, 2.05) is 0 Å². The van der Waals surface area contributed by atoms with Crippen LogP contribution in [0.1, 0.15) is 22.8 Å². The lowest BCUT2D eigenvalue weighted by Gasteiger charge is -2.12. The fourth-order valence-corrected chi connectivity index (χ4v) is 2.09. The third-order valence-electron chi connectivity index (χ3n) is 3.06. The standard InChI is InChI=1S/C17H15NO6/c1-10(19)24-15-5-3-2-4-12(15)17(23)13-8-11(20)6-7-14(13)18-9-16(21)22/h2-8,18,20H,9H2,1H3,(H,21,22). The Balaban J connectivity index is 2.44. The molecule has 0 bridgehead atoms. The van der Waals surface area contributed by atoms with E-state index in [1.165, 1.54) is 37.3 Å². The van der Waals surface area contributed by atoms with E-state index in [0.717, 1.165) is 0 Å². The van der Waals surface area contributed by atoms with E-state index in [4.69, 9.17) is 9.84 Å². The van der Waals surface area contributed by atoms with E-state index < -0.39 is 24.3 Å². The third kappa shape index (κ3) is 4.10. The number of aliphatic carboxylic acids is 1. The topological polar surface area (TPSA) is 113 Å². The Labute approximate surface area is 137 Å². The number of nitrogens with one attached hydrogen (secondary N) is 1. The minimum Gasteiger partial charge on any atom is -0.508 e. The minimum absolute atomic E-state index is 0.0656. The summed E-state index contributed by atoms with van der Waals surface area (Å²) in [6.45, 7) is 0.825. The van der Waals surface area contributed by atoms with Gasteiger partial charge in [-0.3, -0.25) is 14.4 Å². The summed E-state index contributed by atoms with van der Waals surface area (Å²) in [6.07, 6.45) is 0. The monoisotopic (exact) mass is 329 g/mol. The van der Waals surface area contributed by atoms with Gasteiger partial charge < -0.3 is 20.3 Å². The second-order valence-electron chi connectivity index (χ2n) is 4.90. The van der Waals surface area contributed by atoms with Crippen LogP contribution in [0.3, 0.4) is 0 Å². The number of hydrogen-bond donors (Lipinski definition) is 3. The van der Waals surface area contributed by atoms with E-state index >= 15 is 0 Å². The van der Waals surface area contributed by atoms with Gasteiger partial charge in [-0.15, -0.1) is 0 Å². The van der Waals surface area contributed by atoms with Gasteiger partial charge in [0.2, 0.25) is 0 Å². The highest BCUT2D eigenvalue weighted by Crippen LogP contribution is 2.28. The van der Waals surface area contributed by atoms with Gasteiger partial charge in [-0.2, -0.15) is 0 Å². The number of rotatable bonds is 6. The molecule has 0 fully saturated rings. The third-order valence-corrected chi connectivity index (χ3v) is 3.06. The molecule has 0 amide bonds. The molecule has 2 rings (SSSR count). The van der Waals surface area contributed by atoms with Crippen LogP contribution < -0.4 is 10.1 Å². The van der Waals surface area contributed by atoms with Crippen LogP contribution in [0.2, 0.25) is 0 Å². The van der Waals surface area contributed by atoms with Crippen LogP contribution in [0, 0.1) is 0 Å². The summed E-state index contributed by atoms with van der Waals surface area (Å²) < 4.78 is 5.02. The second-order valence-corrected chi connectivity index (χ2v) is 4.90. The Hall–Kier alpha value is -3.35. The van der Waals surface area contributed by atoms with Crippen molar-refractivity contribution in [2.45, 2.75) is 6.92 Å². The molecule has 24 heavy (non-hydrogen) atoms. The summed E-state index contributed by atoms with van der Waals surface area (Å²) in [5.74, 6) is -2.25. The van der Waals surface area contributed by atoms with Crippen molar-refractivity contribution in [1.82, 2.24) is 0 Å². The summed E-state index contributed by atoms with van der Waals surface area (Å²) >= 11 is 0. The molecule has 0 unspecified atom stereocenters. The number of para-hydroxylation sites is 1. The average Bonchev–Trinajstić information content (AvgIpc) is 2.53. The normalized spacial score (nSPS) is 10.0. The van der Waals surface area contributed by atoms with Crippen molar-refractivity contribution >= 4 is 23.4 Å². The molecule has 0 aromatic heterocycles. The van der Waals surface area contributed by atoms with Gasteiger partial charge in [-0.05, 0) is 30.3 Å². The van der Waals surface area contributed by atoms with Gasteiger partial charge in [0.05, 0.1) is 5.56 Å². The van der Waals surface area contributed by atoms with Crippen LogP contribution in [-0.2, 0) is 9.59 Å². The quantitative estimate of drug-likeness (QED) is 0.322. The zero-order chi connectivity index (χ0) is 17.7. The zero-order valence-electron chi connectivity index (χ0n) is 12.8. The number of esters is 1. The first-order valence-corrected chi connectivity index (χ1v) is 6.99. The molecule has 3 N–H and O–H groups in total. The number of aromatic hydroxyl groups is 1. The Kier molecular flexibility index (Phi) is 5.16. The van der Waals surface area contributed by atoms with Crippen molar-refractivity contribution < 1.29 is 29.3 Å². The molecular weight excluding hydrogens is 314 g/mol. The number of carboxylic acids is 1. The van der Waals surface area contributed by atoms with Crippen LogP contribution in [-0.4, -0.2) is 34.5 Å². The summed E-state index contributed by atoms with van der Waals surface area (Å²) in [5.41, 5.74) is 0.436. The summed E-state index contributed by atoms with van der Waals surface area (Å²) in [4.78, 5) is 34.7. The SMILES string of the molecule is CC(=O)Oc1ccccc1C(=O)c1cc(O)ccc1NCC(=O)O. The smallest absolute Gasteiger partial charge is 0.322 e. The summed E-state index contributed by atoms with van der Waals surface area (Å²) in [5, 5.41) is 21.0. The van der Waals surface area contributed by atoms with Crippen LogP contribution >= 0.6 is 0 Å². The van der Waals surface area contributed by atoms with Crippen molar-refractivity contribution in [1.29, 1.82) is 0 Å². The van der Waals surface area contributed by atoms with Crippen molar-refractivity contribution in [3.05, 3.63) is 53.6 Å². The van der Waals surface area contributed by atoms with Crippen molar-refractivity contribution in [3.8, 4) is 11.5 Å². The number of benzene rings is 2. The highest BCUT2D eigenvalue weighted by Gasteiger charge is 2.19. The molecule has 0 saturated carbocycles. The van der Waals surface area contributed by atoms with Crippen LogP contribution in [0.15, 0.2) is 42.5 Å². The molecule has 7 heteroatoms. The van der Waals surface area contributed by atoms with Crippen molar-refractivity contribution in [3.63, 3.8) is 0 Å². The molecule has 0 spiro atoms. The first-order valence-electron chi connectivity index (χ1n) is 6.99. The van der Waals surface area contributed by atoms with Crippen LogP contribution in [0.5, 0.6) is 11.5 Å². The number of carboxylic acid groups (broad SMARTS) is 1. The Morgan fingerprint density at radius 2 is 1.79 bits per heavy atom. The molecule has 0 aliphatic rings. The lowest BCUT2D eigenvalue weighted by atomic mass is 10.0. The van der Waals surface area contributed by atoms with E-state index in [2.05, 4.69) is 5.32 Å². The molecule has 0 aliphatic carbocycles. The lowest BCUT2D eigenvalue weighted by molar-refractivity contribution is -0.135. The number of ketones is 1. The number of hydrogen-bond acceptors (Lipinski definition) is 6. The van der Waals surface area contributed by atoms with E-state index in [1.54, 1.807) is 12.1 Å². The largest absolute Gasteiger partial charge is 0.508 e. The zero-order valence-corrected chi connectivity index (χ0v) is 12.8. The predicted octanol–water partition coefficient (Wildman–Crippen LogP) is 2.04. The molecule has 0 heterocycles. The van der Waals surface area contributed by atoms with Gasteiger partial charge in [0.15, 0.2) is 5.78 Å². The van der Waals surface area contributed by atoms with Crippen LogP contribution in [0.25, 0.3) is 0 Å². The van der Waals surface area contributed by atoms with E-state index in [-0.39, 0.29) is 28.3 Å². The Morgan fingerprint density at radius 1 is 1.08 bits per heavy atom. The predicted molar refractivity (Wildman–Crippen MR) is 85.4 cm³/mol. The highest BCUT2D eigenvalue weighted by atomic mass is 16.5. The van der Waals surface area contributed by atoms with Gasteiger partial charge in [-0.25, -0.2) is 0 Å². The number of carbonyl (C=O) groups excluding carboxylic acids is 2. The van der Waals surface area contributed by atoms with E-state index in [9.17, 15) is 19.5 Å². The van der Waals surface area contributed by atoms with Gasteiger partial charge in [0, 0.05) is 18.2 Å². The maximum Gasteiger partial charge on any atom is 0.322 e. The minimum atomic E-state index is -1.10. The number of ether oxygens (including phenoxy) is 1. The molecule has 2 aromatic carbocycles. The molecular formula is C17H15NO6. The van der Waals surface area contributed by atoms with Gasteiger partial charge in [-0.1, -0.05) is 12.1 Å². The van der Waals surface area contributed by atoms with Gasteiger partial charge in [0.25, 0.3) is 0 Å². The maximum atomic E-state index is 12.8. The second kappa shape index (κ2) is 7.28. The Morgan fingerprint density at radius 3 is 2.46 bits per heavy atom. The van der Waals surface area contributed by atoms with Gasteiger partial charge in [0.1, 0.15) is 18.0 Å². The molecule has 0 radical (unpaired) electrons. The summed E-state index contributed by atoms with van der Waals surface area (Å²) in [6, 6.07) is 10.1. The molecule has 0 aliphatic heterocycles. The maximum absolute atomic E-state index is 12.8.